The van der Waals surface area contributed by atoms with Crippen LogP contribution in [0.15, 0.2) is 6.07 Å². The number of hydrogen-bond donors (Lipinski definition) is 3. The molecule has 0 radical (unpaired) electrons. The Labute approximate surface area is 120 Å². The van der Waals surface area contributed by atoms with Crippen molar-refractivity contribution in [1.82, 2.24) is 4.72 Å². The zero-order valence-corrected chi connectivity index (χ0v) is 12.8. The van der Waals surface area contributed by atoms with Gasteiger partial charge in [0.15, 0.2) is 0 Å². The molecule has 0 heterocycles. The highest BCUT2D eigenvalue weighted by atomic mass is 32.2. The lowest BCUT2D eigenvalue weighted by atomic mass is 9.99. The standard InChI is InChI=1S/C13H18N2.C2H7NS/c14-8-15-13-11-5-1-3-9(11)7-10-4-2-6-12(10)13;1-3-4-2/h7,15H,1-6,8,14H2;3H,1-2H3. The highest BCUT2D eigenvalue weighted by molar-refractivity contribution is 7.96. The summed E-state index contributed by atoms with van der Waals surface area (Å²) < 4.78 is 2.85. The van der Waals surface area contributed by atoms with Gasteiger partial charge in [0.1, 0.15) is 0 Å². The van der Waals surface area contributed by atoms with Crippen molar-refractivity contribution in [2.24, 2.45) is 5.73 Å². The van der Waals surface area contributed by atoms with Gasteiger partial charge >= 0.3 is 0 Å². The molecule has 1 aromatic carbocycles. The number of benzene rings is 1. The quantitative estimate of drug-likeness (QED) is 0.588. The molecule has 0 atom stereocenters. The van der Waals surface area contributed by atoms with E-state index in [9.17, 15) is 0 Å². The summed E-state index contributed by atoms with van der Waals surface area (Å²) in [6.07, 6.45) is 9.63. The Morgan fingerprint density at radius 3 is 2.05 bits per heavy atom. The van der Waals surface area contributed by atoms with E-state index >= 15 is 0 Å². The Bertz CT molecular complexity index is 398. The van der Waals surface area contributed by atoms with Gasteiger partial charge < -0.3 is 11.1 Å². The van der Waals surface area contributed by atoms with Crippen LogP contribution in [0.1, 0.15) is 35.1 Å². The lowest BCUT2D eigenvalue weighted by Crippen LogP contribution is -2.14. The largest absolute Gasteiger partial charge is 0.372 e. The minimum absolute atomic E-state index is 0.558. The van der Waals surface area contributed by atoms with Crippen LogP contribution in [0.2, 0.25) is 0 Å². The van der Waals surface area contributed by atoms with Gasteiger partial charge in [-0.05, 0) is 74.1 Å². The van der Waals surface area contributed by atoms with E-state index in [1.54, 1.807) is 34.2 Å². The first-order valence-corrected chi connectivity index (χ1v) is 8.34. The molecule has 19 heavy (non-hydrogen) atoms. The highest BCUT2D eigenvalue weighted by Crippen LogP contribution is 2.38. The van der Waals surface area contributed by atoms with Crippen LogP contribution in [0.3, 0.4) is 0 Å². The second kappa shape index (κ2) is 7.17. The van der Waals surface area contributed by atoms with Gasteiger partial charge in [-0.3, -0.25) is 4.72 Å². The maximum atomic E-state index is 5.64. The van der Waals surface area contributed by atoms with Crippen LogP contribution in [-0.4, -0.2) is 20.0 Å². The van der Waals surface area contributed by atoms with E-state index in [1.165, 1.54) is 44.2 Å². The van der Waals surface area contributed by atoms with Crippen LogP contribution in [-0.2, 0) is 25.7 Å². The minimum atomic E-state index is 0.558. The smallest absolute Gasteiger partial charge is 0.0628 e. The summed E-state index contributed by atoms with van der Waals surface area (Å²) in [6, 6.07) is 2.45. The van der Waals surface area contributed by atoms with Crippen LogP contribution < -0.4 is 15.8 Å². The summed E-state index contributed by atoms with van der Waals surface area (Å²) in [5, 5.41) is 3.39. The van der Waals surface area contributed by atoms with Crippen LogP contribution >= 0.6 is 11.9 Å². The van der Waals surface area contributed by atoms with E-state index in [1.807, 2.05) is 13.3 Å². The van der Waals surface area contributed by atoms with Crippen LogP contribution in [0, 0.1) is 0 Å². The molecule has 0 fully saturated rings. The van der Waals surface area contributed by atoms with E-state index in [-0.39, 0.29) is 0 Å². The van der Waals surface area contributed by atoms with Gasteiger partial charge in [0.05, 0.1) is 6.67 Å². The van der Waals surface area contributed by atoms with E-state index in [2.05, 4.69) is 16.1 Å². The third kappa shape index (κ3) is 3.25. The number of hydrogen-bond acceptors (Lipinski definition) is 4. The molecule has 0 aromatic heterocycles. The molecule has 3 nitrogen and oxygen atoms in total. The number of rotatable bonds is 3. The van der Waals surface area contributed by atoms with E-state index < -0.39 is 0 Å². The third-order valence-electron chi connectivity index (χ3n) is 3.96. The van der Waals surface area contributed by atoms with Crippen molar-refractivity contribution in [2.75, 3.05) is 25.3 Å². The van der Waals surface area contributed by atoms with Crippen LogP contribution in [0.25, 0.3) is 0 Å². The molecule has 0 unspecified atom stereocenters. The van der Waals surface area contributed by atoms with Gasteiger partial charge in [-0.2, -0.15) is 0 Å². The van der Waals surface area contributed by atoms with Crippen molar-refractivity contribution in [3.8, 4) is 0 Å². The second-order valence-electron chi connectivity index (χ2n) is 5.02. The molecule has 2 aliphatic rings. The topological polar surface area (TPSA) is 50.1 Å². The van der Waals surface area contributed by atoms with Gasteiger partial charge in [-0.15, -0.1) is 0 Å². The van der Waals surface area contributed by atoms with Crippen molar-refractivity contribution in [3.63, 3.8) is 0 Å². The molecule has 2 aliphatic carbocycles. The minimum Gasteiger partial charge on any atom is -0.372 e. The monoisotopic (exact) mass is 279 g/mol. The molecule has 0 saturated heterocycles. The normalized spacial score (nSPS) is 15.5. The molecule has 1 aromatic rings. The fraction of sp³-hybridized carbons (Fsp3) is 0.600. The molecule has 0 amide bonds. The summed E-state index contributed by atoms with van der Waals surface area (Å²) in [5.41, 5.74) is 13.3. The zero-order valence-electron chi connectivity index (χ0n) is 12.0. The molecule has 0 bridgehead atoms. The number of nitrogens with one attached hydrogen (secondary N) is 2. The van der Waals surface area contributed by atoms with Gasteiger partial charge in [-0.1, -0.05) is 18.0 Å². The van der Waals surface area contributed by atoms with Crippen LogP contribution in [0.4, 0.5) is 5.69 Å². The van der Waals surface area contributed by atoms with Gasteiger partial charge in [0, 0.05) is 5.69 Å². The lowest BCUT2D eigenvalue weighted by molar-refractivity contribution is 0.896. The maximum absolute atomic E-state index is 5.64. The van der Waals surface area contributed by atoms with Crippen molar-refractivity contribution >= 4 is 17.6 Å². The number of nitrogens with two attached hydrogens (primary N) is 1. The Morgan fingerprint density at radius 2 is 1.63 bits per heavy atom. The average molecular weight is 279 g/mol. The Balaban J connectivity index is 0.000000297. The fourth-order valence-corrected chi connectivity index (χ4v) is 3.13. The predicted octanol–water partition coefficient (Wildman–Crippen LogP) is 2.48. The summed E-state index contributed by atoms with van der Waals surface area (Å²) in [7, 11) is 1.89. The third-order valence-corrected chi connectivity index (χ3v) is 4.36. The van der Waals surface area contributed by atoms with Gasteiger partial charge in [-0.25, -0.2) is 0 Å². The van der Waals surface area contributed by atoms with Gasteiger partial charge in [0.25, 0.3) is 0 Å². The molecule has 3 rings (SSSR count). The number of aryl methyl sites for hydroxylation is 2. The van der Waals surface area contributed by atoms with Crippen molar-refractivity contribution < 1.29 is 0 Å². The fourth-order valence-electron chi connectivity index (χ4n) is 3.13. The van der Waals surface area contributed by atoms with E-state index in [4.69, 9.17) is 5.73 Å². The Kier molecular flexibility index (Phi) is 5.55. The van der Waals surface area contributed by atoms with Crippen molar-refractivity contribution in [1.29, 1.82) is 0 Å². The molecule has 0 aliphatic heterocycles. The van der Waals surface area contributed by atoms with Crippen molar-refractivity contribution in [2.45, 2.75) is 38.5 Å². The van der Waals surface area contributed by atoms with E-state index in [0.29, 0.717) is 6.67 Å². The Morgan fingerprint density at radius 1 is 1.11 bits per heavy atom. The number of fused-ring (bicyclic) bond motifs is 2. The van der Waals surface area contributed by atoms with E-state index in [0.717, 1.165) is 0 Å². The Hall–Kier alpha value is -0.710. The summed E-state index contributed by atoms with van der Waals surface area (Å²) in [5.74, 6) is 0. The first-order valence-electron chi connectivity index (χ1n) is 7.12. The maximum Gasteiger partial charge on any atom is 0.0628 e. The molecule has 0 saturated carbocycles. The highest BCUT2D eigenvalue weighted by Gasteiger charge is 2.23. The predicted molar refractivity (Wildman–Crippen MR) is 85.7 cm³/mol. The zero-order chi connectivity index (χ0) is 13.7. The molecule has 0 spiro atoms. The molecule has 106 valence electrons. The summed E-state index contributed by atoms with van der Waals surface area (Å²) in [6.45, 7) is 0.558. The summed E-state index contributed by atoms with van der Waals surface area (Å²) in [4.78, 5) is 0. The van der Waals surface area contributed by atoms with Gasteiger partial charge in [0.2, 0.25) is 0 Å². The second-order valence-corrected chi connectivity index (χ2v) is 5.84. The lowest BCUT2D eigenvalue weighted by Gasteiger charge is -2.15. The number of anilines is 1. The molecule has 4 heteroatoms. The first kappa shape index (κ1) is 14.7. The summed E-state index contributed by atoms with van der Waals surface area (Å²) >= 11 is 1.61. The molecule has 4 N–H and O–H groups in total. The van der Waals surface area contributed by atoms with Crippen molar-refractivity contribution in [3.05, 3.63) is 28.3 Å². The molecular formula is C15H25N3S. The van der Waals surface area contributed by atoms with Crippen LogP contribution in [0.5, 0.6) is 0 Å². The molecular weight excluding hydrogens is 254 g/mol. The SMILES string of the molecule is CNSC.NCNc1c2c(cc3c1CCC3)CCC2. The first-order chi connectivity index (χ1) is 9.31. The average Bonchev–Trinajstić information content (AvgIpc) is 3.07.